The zero-order valence-corrected chi connectivity index (χ0v) is 27.6. The van der Waals surface area contributed by atoms with Gasteiger partial charge in [-0.3, -0.25) is 14.4 Å². The number of nitrogens with zero attached hydrogens (tertiary/aromatic N) is 2. The minimum absolute atomic E-state index is 0.0487. The second kappa shape index (κ2) is 13.7. The first-order chi connectivity index (χ1) is 22.7. The summed E-state index contributed by atoms with van der Waals surface area (Å²) in [7, 11) is 0. The van der Waals surface area contributed by atoms with E-state index in [1.165, 1.54) is 16.9 Å². The van der Waals surface area contributed by atoms with Crippen LogP contribution in [0, 0.1) is 0 Å². The van der Waals surface area contributed by atoms with Crippen molar-refractivity contribution in [2.24, 2.45) is 0 Å². The Bertz CT molecular complexity index is 1870. The van der Waals surface area contributed by atoms with E-state index in [9.17, 15) is 14.4 Å². The maximum atomic E-state index is 13.4. The first kappa shape index (κ1) is 31.9. The highest BCUT2D eigenvalue weighted by molar-refractivity contribution is 7.12. The third-order valence-corrected chi connectivity index (χ3v) is 9.28. The second-order valence-electron chi connectivity index (χ2n) is 12.8. The number of likely N-dealkylation sites (tertiary alicyclic amines) is 1. The van der Waals surface area contributed by atoms with Gasteiger partial charge in [0.25, 0.3) is 11.8 Å². The molecule has 8 heteroatoms. The van der Waals surface area contributed by atoms with Crippen molar-refractivity contribution < 1.29 is 14.4 Å². The molecule has 4 aromatic carbocycles. The molecule has 47 heavy (non-hydrogen) atoms. The third-order valence-electron chi connectivity index (χ3n) is 8.44. The van der Waals surface area contributed by atoms with Crippen molar-refractivity contribution in [2.45, 2.75) is 45.1 Å². The van der Waals surface area contributed by atoms with Crippen LogP contribution in [0.3, 0.4) is 0 Å². The summed E-state index contributed by atoms with van der Waals surface area (Å²) in [6.45, 7) is 7.95. The van der Waals surface area contributed by atoms with Gasteiger partial charge in [0.2, 0.25) is 5.91 Å². The Morgan fingerprint density at radius 2 is 1.40 bits per heavy atom. The molecule has 3 amide bonds. The fraction of sp³-hybridized carbons (Fsp3) is 0.231. The fourth-order valence-corrected chi connectivity index (χ4v) is 6.49. The SMILES string of the molecule is CC(C)(C)c1ccc(-c2ccccc2C(=O)Nc2ccc(-c3csc(C(=O)N[C@H](C(=O)N4CCCC4)c4ccccc4)n3)cc2)cc1. The number of aromatic nitrogens is 1. The molecule has 1 saturated heterocycles. The van der Waals surface area contributed by atoms with Gasteiger partial charge in [-0.05, 0) is 58.7 Å². The Morgan fingerprint density at radius 1 is 0.766 bits per heavy atom. The van der Waals surface area contributed by atoms with Crippen LogP contribution in [0.5, 0.6) is 0 Å². The molecule has 5 aromatic rings. The Balaban J connectivity index is 1.13. The average Bonchev–Trinajstić information content (AvgIpc) is 3.81. The number of carbonyl (C=O) groups excluding carboxylic acids is 3. The Morgan fingerprint density at radius 3 is 2.09 bits per heavy atom. The monoisotopic (exact) mass is 642 g/mol. The van der Waals surface area contributed by atoms with Crippen LogP contribution in [0.4, 0.5) is 5.69 Å². The van der Waals surface area contributed by atoms with Crippen molar-refractivity contribution in [3.8, 4) is 22.4 Å². The number of rotatable bonds is 8. The molecular formula is C39H38N4O3S. The van der Waals surface area contributed by atoms with E-state index in [-0.39, 0.29) is 22.2 Å². The van der Waals surface area contributed by atoms with E-state index in [4.69, 9.17) is 0 Å². The van der Waals surface area contributed by atoms with E-state index in [1.807, 2.05) is 89.1 Å². The summed E-state index contributed by atoms with van der Waals surface area (Å²) in [6.07, 6.45) is 1.94. The lowest BCUT2D eigenvalue weighted by atomic mass is 9.86. The van der Waals surface area contributed by atoms with Gasteiger partial charge in [0.15, 0.2) is 5.01 Å². The number of carbonyl (C=O) groups is 3. The molecule has 0 unspecified atom stereocenters. The maximum Gasteiger partial charge on any atom is 0.281 e. The Kier molecular flexibility index (Phi) is 9.31. The summed E-state index contributed by atoms with van der Waals surface area (Å²) in [6, 6.07) is 31.9. The highest BCUT2D eigenvalue weighted by Gasteiger charge is 2.30. The molecule has 1 aromatic heterocycles. The van der Waals surface area contributed by atoms with E-state index in [0.29, 0.717) is 30.0 Å². The molecular weight excluding hydrogens is 605 g/mol. The summed E-state index contributed by atoms with van der Waals surface area (Å²) in [5, 5.41) is 8.05. The number of hydrogen-bond acceptors (Lipinski definition) is 5. The summed E-state index contributed by atoms with van der Waals surface area (Å²) in [5.41, 5.74) is 6.57. The minimum atomic E-state index is -0.773. The molecule has 238 valence electrons. The summed E-state index contributed by atoms with van der Waals surface area (Å²) in [4.78, 5) is 46.4. The van der Waals surface area contributed by atoms with Gasteiger partial charge in [0, 0.05) is 35.3 Å². The Labute approximate surface area is 279 Å². The number of nitrogens with one attached hydrogen (secondary N) is 2. The van der Waals surface area contributed by atoms with Crippen LogP contribution < -0.4 is 10.6 Å². The number of anilines is 1. The van der Waals surface area contributed by atoms with Crippen molar-refractivity contribution >= 4 is 34.7 Å². The molecule has 2 heterocycles. The zero-order valence-electron chi connectivity index (χ0n) is 26.8. The lowest BCUT2D eigenvalue weighted by molar-refractivity contribution is -0.132. The normalized spacial score (nSPS) is 13.6. The smallest absolute Gasteiger partial charge is 0.281 e. The third kappa shape index (κ3) is 7.34. The van der Waals surface area contributed by atoms with Crippen molar-refractivity contribution in [1.29, 1.82) is 0 Å². The standard InChI is InChI=1S/C39H38N4O3S/c1-39(2,3)29-19-15-26(16-20-29)31-13-7-8-14-32(31)35(44)40-30-21-17-27(18-22-30)33-25-47-37(41-33)36(45)42-34(28-11-5-4-6-12-28)38(46)43-23-9-10-24-43/h4-8,11-22,25,34H,9-10,23-24H2,1-3H3,(H,40,44)(H,42,45)/t34-/m0/s1. The van der Waals surface area contributed by atoms with Crippen LogP contribution in [0.1, 0.15) is 70.9 Å². The van der Waals surface area contributed by atoms with Gasteiger partial charge in [-0.15, -0.1) is 11.3 Å². The maximum absolute atomic E-state index is 13.4. The van der Waals surface area contributed by atoms with E-state index >= 15 is 0 Å². The predicted molar refractivity (Wildman–Crippen MR) is 189 cm³/mol. The topological polar surface area (TPSA) is 91.4 Å². The lowest BCUT2D eigenvalue weighted by Gasteiger charge is -2.24. The van der Waals surface area contributed by atoms with Crippen LogP contribution in [0.2, 0.25) is 0 Å². The van der Waals surface area contributed by atoms with Crippen molar-refractivity contribution in [3.63, 3.8) is 0 Å². The van der Waals surface area contributed by atoms with Gasteiger partial charge < -0.3 is 15.5 Å². The zero-order chi connectivity index (χ0) is 33.0. The predicted octanol–water partition coefficient (Wildman–Crippen LogP) is 8.12. The van der Waals surface area contributed by atoms with Crippen molar-refractivity contribution in [2.75, 3.05) is 18.4 Å². The van der Waals surface area contributed by atoms with Gasteiger partial charge in [-0.25, -0.2) is 4.98 Å². The average molecular weight is 643 g/mol. The second-order valence-corrected chi connectivity index (χ2v) is 13.6. The largest absolute Gasteiger partial charge is 0.341 e. The molecule has 7 nitrogen and oxygen atoms in total. The highest BCUT2D eigenvalue weighted by Crippen LogP contribution is 2.30. The first-order valence-corrected chi connectivity index (χ1v) is 16.8. The lowest BCUT2D eigenvalue weighted by Crippen LogP contribution is -2.41. The van der Waals surface area contributed by atoms with Crippen molar-refractivity contribution in [3.05, 3.63) is 130 Å². The molecule has 0 saturated carbocycles. The molecule has 0 radical (unpaired) electrons. The van der Waals surface area contributed by atoms with Gasteiger partial charge >= 0.3 is 0 Å². The van der Waals surface area contributed by atoms with Crippen LogP contribution in [0.15, 0.2) is 109 Å². The number of amides is 3. The molecule has 1 aliphatic heterocycles. The van der Waals surface area contributed by atoms with Crippen molar-refractivity contribution in [1.82, 2.24) is 15.2 Å². The number of hydrogen-bond donors (Lipinski definition) is 2. The van der Waals surface area contributed by atoms with E-state index in [1.54, 1.807) is 0 Å². The number of thiazole rings is 1. The van der Waals surface area contributed by atoms with E-state index in [0.717, 1.165) is 35.1 Å². The fourth-order valence-electron chi connectivity index (χ4n) is 5.76. The quantitative estimate of drug-likeness (QED) is 0.179. The molecule has 1 fully saturated rings. The summed E-state index contributed by atoms with van der Waals surface area (Å²) < 4.78 is 0. The minimum Gasteiger partial charge on any atom is -0.341 e. The molecule has 6 rings (SSSR count). The summed E-state index contributed by atoms with van der Waals surface area (Å²) >= 11 is 1.23. The molecule has 1 atom stereocenters. The van der Waals surface area contributed by atoms with Gasteiger partial charge in [0.05, 0.1) is 5.69 Å². The molecule has 0 aliphatic carbocycles. The summed E-state index contributed by atoms with van der Waals surface area (Å²) in [5.74, 6) is -0.687. The highest BCUT2D eigenvalue weighted by atomic mass is 32.1. The first-order valence-electron chi connectivity index (χ1n) is 15.9. The van der Waals surface area contributed by atoms with E-state index in [2.05, 4.69) is 60.7 Å². The molecule has 0 spiro atoms. The van der Waals surface area contributed by atoms with Crippen LogP contribution >= 0.6 is 11.3 Å². The van der Waals surface area contributed by atoms with Gasteiger partial charge in [0.1, 0.15) is 6.04 Å². The Hall–Kier alpha value is -5.08. The van der Waals surface area contributed by atoms with Gasteiger partial charge in [-0.2, -0.15) is 0 Å². The van der Waals surface area contributed by atoms with Crippen LogP contribution in [-0.4, -0.2) is 40.7 Å². The van der Waals surface area contributed by atoms with Crippen LogP contribution in [0.25, 0.3) is 22.4 Å². The molecule has 0 bridgehead atoms. The van der Waals surface area contributed by atoms with Gasteiger partial charge in [-0.1, -0.05) is 106 Å². The van der Waals surface area contributed by atoms with Crippen LogP contribution in [-0.2, 0) is 10.2 Å². The van der Waals surface area contributed by atoms with E-state index < -0.39 is 11.9 Å². The molecule has 2 N–H and O–H groups in total. The number of benzene rings is 4. The molecule has 1 aliphatic rings.